The molecule has 0 spiro atoms. The van der Waals surface area contributed by atoms with Crippen LogP contribution in [-0.2, 0) is 4.74 Å². The second-order valence-electron chi connectivity index (χ2n) is 6.31. The maximum atomic E-state index is 12.2. The van der Waals surface area contributed by atoms with Crippen molar-refractivity contribution in [3.05, 3.63) is 0 Å². The van der Waals surface area contributed by atoms with E-state index in [1.165, 1.54) is 12.8 Å². The number of piperidine rings is 1. The Morgan fingerprint density at radius 3 is 2.70 bits per heavy atom. The third-order valence-corrected chi connectivity index (χ3v) is 4.88. The van der Waals surface area contributed by atoms with Gasteiger partial charge in [-0.15, -0.1) is 0 Å². The summed E-state index contributed by atoms with van der Waals surface area (Å²) in [5, 5.41) is 3.00. The van der Waals surface area contributed by atoms with Crippen LogP contribution < -0.4 is 5.32 Å². The van der Waals surface area contributed by atoms with E-state index < -0.39 is 0 Å². The summed E-state index contributed by atoms with van der Waals surface area (Å²) in [4.78, 5) is 16.4. The standard InChI is InChI=1S/C15H29N3O2/c1-12(13-6-8-17(2)9-7-13)18(3)15(19)16-11-14-5-4-10-20-14/h12-14H,4-11H2,1-3H3,(H,16,19)/t12-,14+/m1/s1. The Balaban J connectivity index is 1.73. The van der Waals surface area contributed by atoms with E-state index in [0.29, 0.717) is 18.5 Å². The van der Waals surface area contributed by atoms with E-state index in [2.05, 4.69) is 24.2 Å². The maximum Gasteiger partial charge on any atom is 0.317 e. The minimum absolute atomic E-state index is 0.0342. The minimum Gasteiger partial charge on any atom is -0.376 e. The lowest BCUT2D eigenvalue weighted by atomic mass is 9.90. The number of nitrogens with zero attached hydrogens (tertiary/aromatic N) is 2. The van der Waals surface area contributed by atoms with Crippen LogP contribution in [0.25, 0.3) is 0 Å². The van der Waals surface area contributed by atoms with Gasteiger partial charge >= 0.3 is 6.03 Å². The first-order chi connectivity index (χ1) is 9.58. The third-order valence-electron chi connectivity index (χ3n) is 4.88. The van der Waals surface area contributed by atoms with Gasteiger partial charge in [0, 0.05) is 26.2 Å². The van der Waals surface area contributed by atoms with Gasteiger partial charge in [0.15, 0.2) is 0 Å². The van der Waals surface area contributed by atoms with E-state index >= 15 is 0 Å². The summed E-state index contributed by atoms with van der Waals surface area (Å²) in [5.74, 6) is 0.615. The summed E-state index contributed by atoms with van der Waals surface area (Å²) >= 11 is 0. The lowest BCUT2D eigenvalue weighted by Gasteiger charge is -2.37. The van der Waals surface area contributed by atoms with Gasteiger partial charge in [0.1, 0.15) is 0 Å². The van der Waals surface area contributed by atoms with Crippen LogP contribution in [0.15, 0.2) is 0 Å². The van der Waals surface area contributed by atoms with Crippen molar-refractivity contribution < 1.29 is 9.53 Å². The van der Waals surface area contributed by atoms with E-state index in [-0.39, 0.29) is 12.1 Å². The van der Waals surface area contributed by atoms with E-state index in [9.17, 15) is 4.79 Å². The Labute approximate surface area is 122 Å². The second-order valence-corrected chi connectivity index (χ2v) is 6.31. The van der Waals surface area contributed by atoms with Crippen LogP contribution in [0.3, 0.4) is 0 Å². The minimum atomic E-state index is 0.0342. The number of hydrogen-bond donors (Lipinski definition) is 1. The summed E-state index contributed by atoms with van der Waals surface area (Å²) in [6.45, 7) is 5.92. The highest BCUT2D eigenvalue weighted by atomic mass is 16.5. The molecule has 0 radical (unpaired) electrons. The molecule has 0 aromatic heterocycles. The van der Waals surface area contributed by atoms with Gasteiger partial charge in [0.05, 0.1) is 6.10 Å². The fourth-order valence-corrected chi connectivity index (χ4v) is 3.14. The molecule has 5 heteroatoms. The molecule has 2 rings (SSSR count). The highest BCUT2D eigenvalue weighted by Crippen LogP contribution is 2.22. The Bertz CT molecular complexity index is 310. The molecule has 2 aliphatic rings. The molecule has 2 amide bonds. The van der Waals surface area contributed by atoms with E-state index in [0.717, 1.165) is 32.5 Å². The summed E-state index contributed by atoms with van der Waals surface area (Å²) in [6, 6.07) is 0.333. The van der Waals surface area contributed by atoms with Crippen LogP contribution in [-0.4, -0.2) is 68.3 Å². The van der Waals surface area contributed by atoms with Crippen LogP contribution in [0, 0.1) is 5.92 Å². The molecule has 0 aliphatic carbocycles. The van der Waals surface area contributed by atoms with Crippen molar-refractivity contribution >= 4 is 6.03 Å². The molecule has 0 aromatic rings. The van der Waals surface area contributed by atoms with E-state index in [4.69, 9.17) is 4.74 Å². The Morgan fingerprint density at radius 1 is 1.40 bits per heavy atom. The van der Waals surface area contributed by atoms with Crippen molar-refractivity contribution in [1.82, 2.24) is 15.1 Å². The molecule has 20 heavy (non-hydrogen) atoms. The van der Waals surface area contributed by atoms with E-state index in [1.54, 1.807) is 0 Å². The highest BCUT2D eigenvalue weighted by molar-refractivity contribution is 5.74. The summed E-state index contributed by atoms with van der Waals surface area (Å²) in [5.41, 5.74) is 0. The third kappa shape index (κ3) is 4.09. The average Bonchev–Trinajstić information content (AvgIpc) is 2.97. The predicted octanol–water partition coefficient (Wildman–Crippen LogP) is 1.54. The SMILES string of the molecule is C[C@H](C1CCN(C)CC1)N(C)C(=O)NC[C@@H]1CCCO1. The average molecular weight is 283 g/mol. The van der Waals surface area contributed by atoms with Crippen LogP contribution in [0.4, 0.5) is 4.79 Å². The zero-order chi connectivity index (χ0) is 14.5. The Kier molecular flexibility index (Phi) is 5.66. The molecule has 2 aliphatic heterocycles. The van der Waals surface area contributed by atoms with E-state index in [1.807, 2.05) is 11.9 Å². The Morgan fingerprint density at radius 2 is 2.10 bits per heavy atom. The zero-order valence-corrected chi connectivity index (χ0v) is 13.1. The van der Waals surface area contributed by atoms with Crippen molar-refractivity contribution in [3.8, 4) is 0 Å². The largest absolute Gasteiger partial charge is 0.376 e. The summed E-state index contributed by atoms with van der Waals surface area (Å²) in [6.07, 6.45) is 4.75. The fraction of sp³-hybridized carbons (Fsp3) is 0.933. The fourth-order valence-electron chi connectivity index (χ4n) is 3.14. The topological polar surface area (TPSA) is 44.8 Å². The molecule has 2 saturated heterocycles. The normalized spacial score (nSPS) is 26.4. The monoisotopic (exact) mass is 283 g/mol. The van der Waals surface area contributed by atoms with Gasteiger partial charge in [0.25, 0.3) is 0 Å². The van der Waals surface area contributed by atoms with Crippen LogP contribution in [0.2, 0.25) is 0 Å². The van der Waals surface area contributed by atoms with Crippen LogP contribution in [0.5, 0.6) is 0 Å². The van der Waals surface area contributed by atoms with Gasteiger partial charge in [-0.2, -0.15) is 0 Å². The molecule has 0 aromatic carbocycles. The quantitative estimate of drug-likeness (QED) is 0.851. The summed E-state index contributed by atoms with van der Waals surface area (Å²) in [7, 11) is 4.08. The number of urea groups is 1. The van der Waals surface area contributed by atoms with Crippen molar-refractivity contribution in [2.24, 2.45) is 5.92 Å². The highest BCUT2D eigenvalue weighted by Gasteiger charge is 2.27. The molecule has 0 bridgehead atoms. The van der Waals surface area contributed by atoms with Gasteiger partial charge in [-0.3, -0.25) is 0 Å². The van der Waals surface area contributed by atoms with Gasteiger partial charge in [-0.05, 0) is 58.7 Å². The number of rotatable bonds is 4. The Hall–Kier alpha value is -0.810. The molecular weight excluding hydrogens is 254 g/mol. The molecule has 2 heterocycles. The molecule has 116 valence electrons. The number of likely N-dealkylation sites (tertiary alicyclic amines) is 1. The van der Waals surface area contributed by atoms with Crippen LogP contribution in [0.1, 0.15) is 32.6 Å². The number of hydrogen-bond acceptors (Lipinski definition) is 3. The predicted molar refractivity (Wildman–Crippen MR) is 79.8 cm³/mol. The van der Waals surface area contributed by atoms with Crippen molar-refractivity contribution in [2.75, 3.05) is 40.3 Å². The molecule has 2 fully saturated rings. The van der Waals surface area contributed by atoms with Gasteiger partial charge in [0.2, 0.25) is 0 Å². The smallest absolute Gasteiger partial charge is 0.317 e. The van der Waals surface area contributed by atoms with Crippen molar-refractivity contribution in [1.29, 1.82) is 0 Å². The van der Waals surface area contributed by atoms with Crippen molar-refractivity contribution in [3.63, 3.8) is 0 Å². The number of amides is 2. The molecule has 1 N–H and O–H groups in total. The lowest BCUT2D eigenvalue weighted by molar-refractivity contribution is 0.104. The summed E-state index contributed by atoms with van der Waals surface area (Å²) < 4.78 is 5.53. The zero-order valence-electron chi connectivity index (χ0n) is 13.1. The first kappa shape index (κ1) is 15.6. The van der Waals surface area contributed by atoms with Gasteiger partial charge < -0.3 is 19.9 Å². The number of carbonyl (C=O) groups is 1. The van der Waals surface area contributed by atoms with Crippen molar-refractivity contribution in [2.45, 2.75) is 44.8 Å². The number of carbonyl (C=O) groups excluding carboxylic acids is 1. The maximum absolute atomic E-state index is 12.2. The molecule has 0 saturated carbocycles. The second kappa shape index (κ2) is 7.27. The molecule has 2 atom stereocenters. The van der Waals surface area contributed by atoms with Gasteiger partial charge in [-0.25, -0.2) is 4.79 Å². The molecule has 5 nitrogen and oxygen atoms in total. The molecule has 0 unspecified atom stereocenters. The molecular formula is C15H29N3O2. The number of nitrogens with one attached hydrogen (secondary N) is 1. The first-order valence-corrected chi connectivity index (χ1v) is 7.88. The number of ether oxygens (including phenoxy) is 1. The van der Waals surface area contributed by atoms with Crippen LogP contribution >= 0.6 is 0 Å². The first-order valence-electron chi connectivity index (χ1n) is 7.88. The lowest BCUT2D eigenvalue weighted by Crippen LogP contribution is -2.49. The van der Waals surface area contributed by atoms with Gasteiger partial charge in [-0.1, -0.05) is 0 Å².